The summed E-state index contributed by atoms with van der Waals surface area (Å²) in [5.41, 5.74) is 2.73. The maximum atomic E-state index is 4.63. The van der Waals surface area contributed by atoms with E-state index in [2.05, 4.69) is 45.7 Å². The summed E-state index contributed by atoms with van der Waals surface area (Å²) < 4.78 is 0. The van der Waals surface area contributed by atoms with Crippen molar-refractivity contribution >= 4 is 17.2 Å². The Balaban J connectivity index is 1.63. The molecule has 0 saturated carbocycles. The summed E-state index contributed by atoms with van der Waals surface area (Å²) in [6.45, 7) is 6.24. The summed E-state index contributed by atoms with van der Waals surface area (Å²) in [4.78, 5) is 8.54. The maximum Gasteiger partial charge on any atom is 0.128 e. The van der Waals surface area contributed by atoms with Crippen LogP contribution in [0.15, 0.2) is 29.8 Å². The Morgan fingerprint density at radius 3 is 3.10 bits per heavy atom. The van der Waals surface area contributed by atoms with Gasteiger partial charge < -0.3 is 10.2 Å². The highest BCUT2D eigenvalue weighted by molar-refractivity contribution is 7.10. The molecule has 20 heavy (non-hydrogen) atoms. The van der Waals surface area contributed by atoms with Gasteiger partial charge in [-0.05, 0) is 48.0 Å². The molecule has 1 aliphatic heterocycles. The van der Waals surface area contributed by atoms with Gasteiger partial charge in [0.2, 0.25) is 0 Å². The lowest BCUT2D eigenvalue weighted by molar-refractivity contribution is 0.672. The molecule has 1 N–H and O–H groups in total. The van der Waals surface area contributed by atoms with E-state index in [1.165, 1.54) is 17.5 Å². The smallest absolute Gasteiger partial charge is 0.128 e. The van der Waals surface area contributed by atoms with Crippen LogP contribution in [0.4, 0.5) is 5.82 Å². The van der Waals surface area contributed by atoms with Crippen LogP contribution in [0, 0.1) is 0 Å². The SMILES string of the molecule is CCCNCc1ccc(N2CCc3sccc3C2)nc1. The first-order valence-electron chi connectivity index (χ1n) is 7.32. The van der Waals surface area contributed by atoms with Crippen molar-refractivity contribution in [2.75, 3.05) is 18.0 Å². The second-order valence-electron chi connectivity index (χ2n) is 5.24. The van der Waals surface area contributed by atoms with Crippen LogP contribution in [-0.4, -0.2) is 18.1 Å². The molecule has 2 aromatic heterocycles. The van der Waals surface area contributed by atoms with Gasteiger partial charge in [0, 0.05) is 30.7 Å². The van der Waals surface area contributed by atoms with Gasteiger partial charge in [-0.25, -0.2) is 4.98 Å². The highest BCUT2D eigenvalue weighted by atomic mass is 32.1. The van der Waals surface area contributed by atoms with Gasteiger partial charge in [-0.1, -0.05) is 13.0 Å². The van der Waals surface area contributed by atoms with Crippen molar-refractivity contribution in [2.24, 2.45) is 0 Å². The minimum atomic E-state index is 0.912. The molecule has 0 unspecified atom stereocenters. The Morgan fingerprint density at radius 1 is 1.35 bits per heavy atom. The lowest BCUT2D eigenvalue weighted by Gasteiger charge is -2.28. The van der Waals surface area contributed by atoms with Crippen LogP contribution in [-0.2, 0) is 19.5 Å². The Bertz CT molecular complexity index is 547. The lowest BCUT2D eigenvalue weighted by atomic mass is 10.1. The molecule has 0 aromatic carbocycles. The molecule has 0 spiro atoms. The molecule has 106 valence electrons. The van der Waals surface area contributed by atoms with E-state index in [9.17, 15) is 0 Å². The van der Waals surface area contributed by atoms with Gasteiger partial charge >= 0.3 is 0 Å². The standard InChI is InChI=1S/C16H21N3S/c1-2-7-17-10-13-3-4-16(18-11-13)19-8-5-15-14(12-19)6-9-20-15/h3-4,6,9,11,17H,2,5,7-8,10,12H2,1H3. The van der Waals surface area contributed by atoms with Crippen LogP contribution in [0.25, 0.3) is 0 Å². The van der Waals surface area contributed by atoms with Gasteiger partial charge in [0.05, 0.1) is 0 Å². The minimum absolute atomic E-state index is 0.912. The van der Waals surface area contributed by atoms with Gasteiger partial charge in [-0.15, -0.1) is 11.3 Å². The quantitative estimate of drug-likeness (QED) is 0.856. The zero-order valence-corrected chi connectivity index (χ0v) is 12.7. The molecule has 0 amide bonds. The fourth-order valence-electron chi connectivity index (χ4n) is 2.56. The zero-order valence-electron chi connectivity index (χ0n) is 11.9. The number of fused-ring (bicyclic) bond motifs is 1. The van der Waals surface area contributed by atoms with Crippen molar-refractivity contribution < 1.29 is 0 Å². The number of aromatic nitrogens is 1. The van der Waals surface area contributed by atoms with E-state index in [1.54, 1.807) is 4.88 Å². The summed E-state index contributed by atoms with van der Waals surface area (Å²) in [6, 6.07) is 6.59. The first-order chi connectivity index (χ1) is 9.86. The van der Waals surface area contributed by atoms with Crippen LogP contribution in [0.2, 0.25) is 0 Å². The number of nitrogens with one attached hydrogen (secondary N) is 1. The molecule has 2 aromatic rings. The van der Waals surface area contributed by atoms with Crippen molar-refractivity contribution in [2.45, 2.75) is 32.9 Å². The second-order valence-corrected chi connectivity index (χ2v) is 6.24. The van der Waals surface area contributed by atoms with Crippen molar-refractivity contribution in [3.63, 3.8) is 0 Å². The predicted molar refractivity (Wildman–Crippen MR) is 85.3 cm³/mol. The number of nitrogens with zero attached hydrogens (tertiary/aromatic N) is 2. The molecule has 0 aliphatic carbocycles. The summed E-state index contributed by atoms with van der Waals surface area (Å²) in [5.74, 6) is 1.10. The molecule has 0 atom stereocenters. The topological polar surface area (TPSA) is 28.2 Å². The molecule has 0 radical (unpaired) electrons. The van der Waals surface area contributed by atoms with Crippen molar-refractivity contribution in [3.05, 3.63) is 45.8 Å². The summed E-state index contributed by atoms with van der Waals surface area (Å²) in [5, 5.41) is 5.61. The van der Waals surface area contributed by atoms with E-state index in [4.69, 9.17) is 0 Å². The van der Waals surface area contributed by atoms with E-state index >= 15 is 0 Å². The third-order valence-electron chi connectivity index (χ3n) is 3.70. The third kappa shape index (κ3) is 3.02. The third-order valence-corrected chi connectivity index (χ3v) is 4.72. The molecule has 3 heterocycles. The zero-order chi connectivity index (χ0) is 13.8. The number of thiophene rings is 1. The highest BCUT2D eigenvalue weighted by Gasteiger charge is 2.17. The molecule has 0 saturated heterocycles. The molecule has 1 aliphatic rings. The van der Waals surface area contributed by atoms with Crippen LogP contribution in [0.3, 0.4) is 0 Å². The largest absolute Gasteiger partial charge is 0.352 e. The first kappa shape index (κ1) is 13.6. The van der Waals surface area contributed by atoms with E-state index in [-0.39, 0.29) is 0 Å². The van der Waals surface area contributed by atoms with Crippen molar-refractivity contribution in [1.82, 2.24) is 10.3 Å². The lowest BCUT2D eigenvalue weighted by Crippen LogP contribution is -2.30. The van der Waals surface area contributed by atoms with Crippen LogP contribution >= 0.6 is 11.3 Å². The van der Waals surface area contributed by atoms with Crippen molar-refractivity contribution in [1.29, 1.82) is 0 Å². The number of hydrogen-bond donors (Lipinski definition) is 1. The molecule has 3 rings (SSSR count). The summed E-state index contributed by atoms with van der Waals surface area (Å²) >= 11 is 1.88. The van der Waals surface area contributed by atoms with E-state index in [0.717, 1.165) is 38.4 Å². The van der Waals surface area contributed by atoms with E-state index < -0.39 is 0 Å². The second kappa shape index (κ2) is 6.37. The number of pyridine rings is 1. The first-order valence-corrected chi connectivity index (χ1v) is 8.20. The summed E-state index contributed by atoms with van der Waals surface area (Å²) in [6.07, 6.45) is 4.32. The van der Waals surface area contributed by atoms with E-state index in [0.29, 0.717) is 0 Å². The molecular weight excluding hydrogens is 266 g/mol. The summed E-state index contributed by atoms with van der Waals surface area (Å²) in [7, 11) is 0. The number of rotatable bonds is 5. The van der Waals surface area contributed by atoms with Crippen LogP contribution < -0.4 is 10.2 Å². The predicted octanol–water partition coefficient (Wildman–Crippen LogP) is 3.21. The Labute approximate surface area is 124 Å². The average molecular weight is 287 g/mol. The van der Waals surface area contributed by atoms with Gasteiger partial charge in [-0.2, -0.15) is 0 Å². The van der Waals surface area contributed by atoms with Crippen LogP contribution in [0.5, 0.6) is 0 Å². The number of hydrogen-bond acceptors (Lipinski definition) is 4. The monoisotopic (exact) mass is 287 g/mol. The highest BCUT2D eigenvalue weighted by Crippen LogP contribution is 2.26. The number of anilines is 1. The molecule has 0 fully saturated rings. The van der Waals surface area contributed by atoms with Crippen molar-refractivity contribution in [3.8, 4) is 0 Å². The Kier molecular flexibility index (Phi) is 4.33. The van der Waals surface area contributed by atoms with Crippen LogP contribution in [0.1, 0.15) is 29.3 Å². The molecule has 3 nitrogen and oxygen atoms in total. The van der Waals surface area contributed by atoms with Gasteiger partial charge in [0.15, 0.2) is 0 Å². The van der Waals surface area contributed by atoms with Gasteiger partial charge in [0.25, 0.3) is 0 Å². The minimum Gasteiger partial charge on any atom is -0.352 e. The van der Waals surface area contributed by atoms with Gasteiger partial charge in [0.1, 0.15) is 5.82 Å². The molecule has 4 heteroatoms. The normalized spacial score (nSPS) is 14.3. The van der Waals surface area contributed by atoms with Gasteiger partial charge in [-0.3, -0.25) is 0 Å². The Morgan fingerprint density at radius 2 is 2.30 bits per heavy atom. The molecule has 0 bridgehead atoms. The maximum absolute atomic E-state index is 4.63. The molecular formula is C16H21N3S. The Hall–Kier alpha value is -1.39. The fourth-order valence-corrected chi connectivity index (χ4v) is 3.45. The fraction of sp³-hybridized carbons (Fsp3) is 0.438. The van der Waals surface area contributed by atoms with E-state index in [1.807, 2.05) is 17.5 Å². The average Bonchev–Trinajstić information content (AvgIpc) is 2.96.